The second kappa shape index (κ2) is 5.26. The molecule has 0 aliphatic carbocycles. The largest absolute Gasteiger partial charge is 0.384 e. The number of anilines is 1. The second-order valence-electron chi connectivity index (χ2n) is 4.59. The first-order valence-corrected chi connectivity index (χ1v) is 6.30. The van der Waals surface area contributed by atoms with Gasteiger partial charge in [-0.3, -0.25) is 4.98 Å². The zero-order valence-electron chi connectivity index (χ0n) is 11.3. The van der Waals surface area contributed by atoms with Crippen LogP contribution in [-0.4, -0.2) is 17.3 Å². The zero-order chi connectivity index (χ0) is 14.8. The monoisotopic (exact) mass is 283 g/mol. The normalized spacial score (nSPS) is 17.0. The van der Waals surface area contributed by atoms with Crippen LogP contribution in [0, 0.1) is 11.3 Å². The van der Waals surface area contributed by atoms with E-state index in [-0.39, 0.29) is 18.3 Å². The van der Waals surface area contributed by atoms with E-state index in [4.69, 9.17) is 15.0 Å². The van der Waals surface area contributed by atoms with Gasteiger partial charge >= 0.3 is 0 Å². The molecule has 21 heavy (non-hydrogen) atoms. The van der Waals surface area contributed by atoms with Gasteiger partial charge in [0.1, 0.15) is 11.5 Å². The lowest BCUT2D eigenvalue weighted by atomic mass is 9.84. The Labute approximate surface area is 121 Å². The Morgan fingerprint density at radius 2 is 2.43 bits per heavy atom. The number of rotatable bonds is 3. The molecule has 2 aromatic heterocycles. The standard InChI is InChI=1S/C14H13N5O2/c1-20-7-10-12-11(8-3-2-4-17-6-8)9(5-15)13(16)18-14(12)21-19-10/h2-4,6,11,18H,7,16H2,1H3. The molecule has 0 amide bonds. The van der Waals surface area contributed by atoms with E-state index in [9.17, 15) is 5.26 Å². The number of pyridine rings is 1. The van der Waals surface area contributed by atoms with Crippen LogP contribution in [0.2, 0.25) is 0 Å². The molecule has 7 heteroatoms. The number of allylic oxidation sites excluding steroid dienone is 1. The maximum absolute atomic E-state index is 9.45. The predicted octanol–water partition coefficient (Wildman–Crippen LogP) is 1.47. The van der Waals surface area contributed by atoms with Crippen molar-refractivity contribution in [2.24, 2.45) is 5.73 Å². The van der Waals surface area contributed by atoms with Crippen LogP contribution < -0.4 is 11.1 Å². The van der Waals surface area contributed by atoms with E-state index in [2.05, 4.69) is 21.5 Å². The number of nitrogens with zero attached hydrogens (tertiary/aromatic N) is 3. The molecule has 0 bridgehead atoms. The Bertz CT molecular complexity index is 730. The lowest BCUT2D eigenvalue weighted by Crippen LogP contribution is -2.23. The van der Waals surface area contributed by atoms with Crippen LogP contribution in [0.15, 0.2) is 40.4 Å². The van der Waals surface area contributed by atoms with Gasteiger partial charge in [0.2, 0.25) is 5.88 Å². The van der Waals surface area contributed by atoms with E-state index in [0.29, 0.717) is 17.2 Å². The smallest absolute Gasteiger partial charge is 0.234 e. The van der Waals surface area contributed by atoms with Gasteiger partial charge in [0.15, 0.2) is 0 Å². The Balaban J connectivity index is 2.20. The summed E-state index contributed by atoms with van der Waals surface area (Å²) in [5, 5.41) is 16.3. The average molecular weight is 283 g/mol. The Morgan fingerprint density at radius 3 is 3.10 bits per heavy atom. The van der Waals surface area contributed by atoms with E-state index in [0.717, 1.165) is 11.1 Å². The highest BCUT2D eigenvalue weighted by Gasteiger charge is 2.34. The first-order valence-electron chi connectivity index (χ1n) is 6.30. The van der Waals surface area contributed by atoms with Crippen molar-refractivity contribution >= 4 is 5.88 Å². The Kier molecular flexibility index (Phi) is 3.30. The number of hydrogen-bond acceptors (Lipinski definition) is 7. The van der Waals surface area contributed by atoms with Crippen LogP contribution in [0.25, 0.3) is 0 Å². The molecule has 0 fully saturated rings. The van der Waals surface area contributed by atoms with E-state index in [1.165, 1.54) is 0 Å². The number of aromatic nitrogens is 2. The molecular weight excluding hydrogens is 270 g/mol. The van der Waals surface area contributed by atoms with Gasteiger partial charge in [0.25, 0.3) is 0 Å². The van der Waals surface area contributed by atoms with Crippen LogP contribution in [0.5, 0.6) is 0 Å². The minimum absolute atomic E-state index is 0.263. The summed E-state index contributed by atoms with van der Waals surface area (Å²) in [7, 11) is 1.58. The summed E-state index contributed by atoms with van der Waals surface area (Å²) in [6.07, 6.45) is 3.38. The van der Waals surface area contributed by atoms with Crippen LogP contribution in [-0.2, 0) is 11.3 Å². The predicted molar refractivity (Wildman–Crippen MR) is 73.7 cm³/mol. The zero-order valence-corrected chi connectivity index (χ0v) is 11.3. The minimum Gasteiger partial charge on any atom is -0.384 e. The molecule has 1 unspecified atom stereocenters. The van der Waals surface area contributed by atoms with Crippen molar-refractivity contribution in [2.75, 3.05) is 12.4 Å². The summed E-state index contributed by atoms with van der Waals surface area (Å²) in [5.74, 6) is 0.336. The number of nitrogens with two attached hydrogens (primary N) is 1. The van der Waals surface area contributed by atoms with Crippen LogP contribution in [0.3, 0.4) is 0 Å². The number of ether oxygens (including phenoxy) is 1. The van der Waals surface area contributed by atoms with Crippen LogP contribution in [0.1, 0.15) is 22.7 Å². The maximum Gasteiger partial charge on any atom is 0.234 e. The molecule has 3 N–H and O–H groups in total. The highest BCUT2D eigenvalue weighted by atomic mass is 16.5. The van der Waals surface area contributed by atoms with Crippen molar-refractivity contribution in [3.05, 3.63) is 52.7 Å². The first-order chi connectivity index (χ1) is 10.3. The number of nitrogens with one attached hydrogen (secondary N) is 1. The third kappa shape index (κ3) is 2.11. The van der Waals surface area contributed by atoms with Crippen molar-refractivity contribution in [1.82, 2.24) is 10.1 Å². The summed E-state index contributed by atoms with van der Waals surface area (Å²) >= 11 is 0. The summed E-state index contributed by atoms with van der Waals surface area (Å²) in [6, 6.07) is 5.86. The van der Waals surface area contributed by atoms with Gasteiger partial charge in [0, 0.05) is 19.5 Å². The third-order valence-electron chi connectivity index (χ3n) is 3.34. The quantitative estimate of drug-likeness (QED) is 0.877. The van der Waals surface area contributed by atoms with Crippen molar-refractivity contribution in [1.29, 1.82) is 5.26 Å². The second-order valence-corrected chi connectivity index (χ2v) is 4.59. The average Bonchev–Trinajstić information content (AvgIpc) is 2.89. The molecule has 3 heterocycles. The van der Waals surface area contributed by atoms with E-state index >= 15 is 0 Å². The Hall–Kier alpha value is -2.85. The van der Waals surface area contributed by atoms with Gasteiger partial charge in [-0.25, -0.2) is 0 Å². The molecule has 7 nitrogen and oxygen atoms in total. The molecule has 0 aromatic carbocycles. The van der Waals surface area contributed by atoms with Gasteiger partial charge in [-0.05, 0) is 11.6 Å². The molecule has 1 aliphatic heterocycles. The fourth-order valence-electron chi connectivity index (χ4n) is 2.45. The SMILES string of the molecule is COCc1noc2c1C(c1cccnc1)C(C#N)=C(N)N2. The minimum atomic E-state index is -0.364. The van der Waals surface area contributed by atoms with Crippen molar-refractivity contribution < 1.29 is 9.26 Å². The number of nitriles is 1. The summed E-state index contributed by atoms with van der Waals surface area (Å²) in [4.78, 5) is 4.11. The Morgan fingerprint density at radius 1 is 1.57 bits per heavy atom. The van der Waals surface area contributed by atoms with Gasteiger partial charge < -0.3 is 20.3 Å². The molecule has 0 radical (unpaired) electrons. The fourth-order valence-corrected chi connectivity index (χ4v) is 2.45. The van der Waals surface area contributed by atoms with Gasteiger partial charge in [-0.15, -0.1) is 0 Å². The summed E-state index contributed by atoms with van der Waals surface area (Å²) < 4.78 is 10.4. The first kappa shape index (κ1) is 13.1. The van der Waals surface area contributed by atoms with Crippen molar-refractivity contribution in [2.45, 2.75) is 12.5 Å². The highest BCUT2D eigenvalue weighted by Crippen LogP contribution is 2.42. The van der Waals surface area contributed by atoms with E-state index in [1.54, 1.807) is 19.5 Å². The molecular formula is C14H13N5O2. The fraction of sp³-hybridized carbons (Fsp3) is 0.214. The van der Waals surface area contributed by atoms with Crippen molar-refractivity contribution in [3.63, 3.8) is 0 Å². The van der Waals surface area contributed by atoms with Crippen LogP contribution in [0.4, 0.5) is 5.88 Å². The van der Waals surface area contributed by atoms with Gasteiger partial charge in [-0.1, -0.05) is 11.2 Å². The topological polar surface area (TPSA) is 110 Å². The van der Waals surface area contributed by atoms with Crippen molar-refractivity contribution in [3.8, 4) is 6.07 Å². The molecule has 106 valence electrons. The number of fused-ring (bicyclic) bond motifs is 1. The number of methoxy groups -OCH3 is 1. The van der Waals surface area contributed by atoms with E-state index < -0.39 is 0 Å². The summed E-state index contributed by atoms with van der Waals surface area (Å²) in [6.45, 7) is 0.288. The van der Waals surface area contributed by atoms with Gasteiger partial charge in [-0.2, -0.15) is 5.26 Å². The number of hydrogen-bond donors (Lipinski definition) is 2. The highest BCUT2D eigenvalue weighted by molar-refractivity contribution is 5.64. The molecule has 0 saturated carbocycles. The van der Waals surface area contributed by atoms with Crippen LogP contribution >= 0.6 is 0 Å². The maximum atomic E-state index is 9.45. The molecule has 0 saturated heterocycles. The summed E-state index contributed by atoms with van der Waals surface area (Å²) in [5.41, 5.74) is 8.58. The lowest BCUT2D eigenvalue weighted by Gasteiger charge is -2.23. The lowest BCUT2D eigenvalue weighted by molar-refractivity contribution is 0.177. The van der Waals surface area contributed by atoms with E-state index in [1.807, 2.05) is 12.1 Å². The van der Waals surface area contributed by atoms with Gasteiger partial charge in [0.05, 0.1) is 29.7 Å². The third-order valence-corrected chi connectivity index (χ3v) is 3.34. The molecule has 3 rings (SSSR count). The molecule has 0 spiro atoms. The molecule has 2 aromatic rings. The molecule has 1 atom stereocenters. The molecule has 1 aliphatic rings.